The summed E-state index contributed by atoms with van der Waals surface area (Å²) in [6.45, 7) is 7.67. The molecule has 170 valence electrons. The summed E-state index contributed by atoms with van der Waals surface area (Å²) in [5.41, 5.74) is 4.60. The minimum Gasteiger partial charge on any atom is -0.481 e. The zero-order valence-corrected chi connectivity index (χ0v) is 19.1. The molecule has 7 nitrogen and oxygen atoms in total. The number of allylic oxidation sites excluding steroid dienone is 1. The number of piperazine rings is 1. The van der Waals surface area contributed by atoms with E-state index in [-0.39, 0.29) is 5.78 Å². The van der Waals surface area contributed by atoms with E-state index in [1.165, 1.54) is 11.8 Å². The summed E-state index contributed by atoms with van der Waals surface area (Å²) >= 11 is 0. The lowest BCUT2D eigenvalue weighted by atomic mass is 10.0. The quantitative estimate of drug-likeness (QED) is 0.529. The summed E-state index contributed by atoms with van der Waals surface area (Å²) in [4.78, 5) is 25.7. The van der Waals surface area contributed by atoms with Crippen LogP contribution >= 0.6 is 0 Å². The van der Waals surface area contributed by atoms with E-state index >= 15 is 0 Å². The average Bonchev–Trinajstić information content (AvgIpc) is 2.84. The molecule has 1 N–H and O–H groups in total. The van der Waals surface area contributed by atoms with E-state index in [1.54, 1.807) is 13.2 Å². The van der Waals surface area contributed by atoms with E-state index in [9.17, 15) is 4.79 Å². The van der Waals surface area contributed by atoms with Crippen molar-refractivity contribution in [2.75, 3.05) is 50.6 Å². The smallest absolute Gasteiger partial charge is 0.231 e. The molecule has 3 aromatic rings. The molecule has 0 unspecified atom stereocenters. The Balaban J connectivity index is 1.58. The topological polar surface area (TPSA) is 70.6 Å². The van der Waals surface area contributed by atoms with Gasteiger partial charge in [0.15, 0.2) is 5.78 Å². The van der Waals surface area contributed by atoms with Crippen molar-refractivity contribution in [3.8, 4) is 17.1 Å². The summed E-state index contributed by atoms with van der Waals surface area (Å²) in [7, 11) is 3.74. The molecule has 0 amide bonds. The molecule has 0 atom stereocenters. The van der Waals surface area contributed by atoms with Crippen LogP contribution in [0.1, 0.15) is 5.56 Å². The number of benzene rings is 2. The third kappa shape index (κ3) is 5.75. The first-order chi connectivity index (χ1) is 16.0. The third-order valence-corrected chi connectivity index (χ3v) is 5.71. The first-order valence-electron chi connectivity index (χ1n) is 11.0. The van der Waals surface area contributed by atoms with Gasteiger partial charge >= 0.3 is 0 Å². The summed E-state index contributed by atoms with van der Waals surface area (Å²) in [5, 5.41) is 3.33. The highest BCUT2D eigenvalue weighted by molar-refractivity contribution is 5.91. The lowest BCUT2D eigenvalue weighted by Crippen LogP contribution is -2.44. The van der Waals surface area contributed by atoms with Gasteiger partial charge in [0.05, 0.1) is 12.8 Å². The first-order valence-corrected chi connectivity index (χ1v) is 11.0. The van der Waals surface area contributed by atoms with Gasteiger partial charge in [0.25, 0.3) is 0 Å². The molecule has 0 aliphatic carbocycles. The van der Waals surface area contributed by atoms with Crippen molar-refractivity contribution in [3.05, 3.63) is 72.8 Å². The number of aromatic nitrogens is 2. The molecule has 0 spiro atoms. The van der Waals surface area contributed by atoms with Gasteiger partial charge in [-0.15, -0.1) is 0 Å². The zero-order valence-electron chi connectivity index (χ0n) is 19.1. The number of likely N-dealkylation sites (N-methyl/N-ethyl adjacent to an activating group) is 1. The number of hydrogen-bond acceptors (Lipinski definition) is 7. The molecule has 2 heterocycles. The van der Waals surface area contributed by atoms with Gasteiger partial charge in [-0.1, -0.05) is 30.8 Å². The number of hydrogen-bond donors (Lipinski definition) is 1. The number of carbonyl (C=O) groups excluding carboxylic acids is 1. The van der Waals surface area contributed by atoms with Crippen LogP contribution in [0.2, 0.25) is 0 Å². The largest absolute Gasteiger partial charge is 0.481 e. The standard InChI is InChI=1S/C26H29N5O2/c1-4-23(32)16-19-7-5-8-20(15-19)24-18-25(33-3)29-26(28-24)27-21-9-6-10-22(17-21)31-13-11-30(2)12-14-31/h4-10,15,17-18H,1,11-14,16H2,2-3H3,(H,27,28,29). The maximum atomic E-state index is 11.8. The second kappa shape index (κ2) is 10.3. The van der Waals surface area contributed by atoms with Crippen molar-refractivity contribution in [2.24, 2.45) is 0 Å². The normalized spacial score (nSPS) is 14.1. The van der Waals surface area contributed by atoms with Crippen molar-refractivity contribution < 1.29 is 9.53 Å². The first kappa shape index (κ1) is 22.5. The van der Waals surface area contributed by atoms with E-state index in [4.69, 9.17) is 9.72 Å². The minimum absolute atomic E-state index is 0.0185. The minimum atomic E-state index is -0.0185. The Labute approximate surface area is 194 Å². The second-order valence-corrected chi connectivity index (χ2v) is 8.13. The summed E-state index contributed by atoms with van der Waals surface area (Å²) in [5.74, 6) is 0.896. The molecular formula is C26H29N5O2. The maximum absolute atomic E-state index is 11.8. The number of rotatable bonds is 8. The summed E-state index contributed by atoms with van der Waals surface area (Å²) < 4.78 is 5.42. The molecule has 1 fully saturated rings. The van der Waals surface area contributed by atoms with Gasteiger partial charge in [-0.05, 0) is 43.0 Å². The van der Waals surface area contributed by atoms with Gasteiger partial charge in [-0.2, -0.15) is 4.98 Å². The number of nitrogens with one attached hydrogen (secondary N) is 1. The van der Waals surface area contributed by atoms with E-state index in [1.807, 2.05) is 36.4 Å². The predicted octanol–water partition coefficient (Wildman–Crippen LogP) is 3.95. The molecule has 4 rings (SSSR count). The summed E-state index contributed by atoms with van der Waals surface area (Å²) in [6, 6.07) is 17.8. The Kier molecular flexibility index (Phi) is 7.00. The Morgan fingerprint density at radius 1 is 1.09 bits per heavy atom. The number of carbonyl (C=O) groups is 1. The van der Waals surface area contributed by atoms with Crippen LogP contribution in [0.3, 0.4) is 0 Å². The van der Waals surface area contributed by atoms with Crippen LogP contribution in [0.4, 0.5) is 17.3 Å². The molecule has 1 aliphatic heterocycles. The molecular weight excluding hydrogens is 414 g/mol. The molecule has 0 bridgehead atoms. The average molecular weight is 444 g/mol. The van der Waals surface area contributed by atoms with E-state index in [0.29, 0.717) is 23.9 Å². The van der Waals surface area contributed by atoms with Crippen LogP contribution in [0, 0.1) is 0 Å². The van der Waals surface area contributed by atoms with Gasteiger partial charge in [0.2, 0.25) is 11.8 Å². The van der Waals surface area contributed by atoms with Crippen molar-refractivity contribution in [1.82, 2.24) is 14.9 Å². The molecule has 0 radical (unpaired) electrons. The number of nitrogens with zero attached hydrogens (tertiary/aromatic N) is 4. The highest BCUT2D eigenvalue weighted by Gasteiger charge is 2.15. The molecule has 7 heteroatoms. The monoisotopic (exact) mass is 443 g/mol. The number of methoxy groups -OCH3 is 1. The van der Waals surface area contributed by atoms with E-state index in [0.717, 1.165) is 43.0 Å². The molecule has 33 heavy (non-hydrogen) atoms. The summed E-state index contributed by atoms with van der Waals surface area (Å²) in [6.07, 6.45) is 1.66. The van der Waals surface area contributed by atoms with Gasteiger partial charge in [0, 0.05) is 55.6 Å². The zero-order chi connectivity index (χ0) is 23.2. The Hall–Kier alpha value is -3.71. The number of ketones is 1. The highest BCUT2D eigenvalue weighted by atomic mass is 16.5. The lowest BCUT2D eigenvalue weighted by molar-refractivity contribution is -0.114. The van der Waals surface area contributed by atoms with Crippen LogP contribution in [0.15, 0.2) is 67.3 Å². The van der Waals surface area contributed by atoms with E-state index < -0.39 is 0 Å². The van der Waals surface area contributed by atoms with E-state index in [2.05, 4.69) is 45.9 Å². The van der Waals surface area contributed by atoms with Gasteiger partial charge < -0.3 is 19.9 Å². The molecule has 0 saturated carbocycles. The third-order valence-electron chi connectivity index (χ3n) is 5.71. The van der Waals surface area contributed by atoms with Crippen LogP contribution in [-0.2, 0) is 11.2 Å². The second-order valence-electron chi connectivity index (χ2n) is 8.13. The maximum Gasteiger partial charge on any atom is 0.231 e. The molecule has 2 aromatic carbocycles. The number of ether oxygens (including phenoxy) is 1. The van der Waals surface area contributed by atoms with Crippen LogP contribution in [0.5, 0.6) is 5.88 Å². The van der Waals surface area contributed by atoms with Gasteiger partial charge in [-0.25, -0.2) is 4.98 Å². The highest BCUT2D eigenvalue weighted by Crippen LogP contribution is 2.27. The Morgan fingerprint density at radius 3 is 2.64 bits per heavy atom. The van der Waals surface area contributed by atoms with Crippen LogP contribution < -0.4 is 15.0 Å². The van der Waals surface area contributed by atoms with Crippen molar-refractivity contribution >= 4 is 23.1 Å². The van der Waals surface area contributed by atoms with Crippen molar-refractivity contribution in [3.63, 3.8) is 0 Å². The lowest BCUT2D eigenvalue weighted by Gasteiger charge is -2.34. The Bertz CT molecular complexity index is 1140. The molecule has 1 aromatic heterocycles. The predicted molar refractivity (Wildman–Crippen MR) is 132 cm³/mol. The fraction of sp³-hybridized carbons (Fsp3) is 0.269. The fourth-order valence-corrected chi connectivity index (χ4v) is 3.82. The van der Waals surface area contributed by atoms with Crippen LogP contribution in [-0.4, -0.2) is 61.0 Å². The van der Waals surface area contributed by atoms with Crippen molar-refractivity contribution in [1.29, 1.82) is 0 Å². The SMILES string of the molecule is C=CC(=O)Cc1cccc(-c2cc(OC)nc(Nc3cccc(N4CCN(C)CC4)c3)n2)c1. The van der Waals surface area contributed by atoms with Gasteiger partial charge in [-0.3, -0.25) is 4.79 Å². The fourth-order valence-electron chi connectivity index (χ4n) is 3.82. The molecule has 1 aliphatic rings. The van der Waals surface area contributed by atoms with Crippen LogP contribution in [0.25, 0.3) is 11.3 Å². The number of anilines is 3. The Morgan fingerprint density at radius 2 is 1.88 bits per heavy atom. The van der Waals surface area contributed by atoms with Crippen molar-refractivity contribution in [2.45, 2.75) is 6.42 Å². The molecule has 1 saturated heterocycles. The van der Waals surface area contributed by atoms with Gasteiger partial charge in [0.1, 0.15) is 0 Å².